The third kappa shape index (κ3) is 4.28. The number of rotatable bonds is 5. The van der Waals surface area contributed by atoms with Gasteiger partial charge in [-0.25, -0.2) is 0 Å². The first kappa shape index (κ1) is 18.5. The lowest BCUT2D eigenvalue weighted by Gasteiger charge is -2.07. The van der Waals surface area contributed by atoms with Crippen molar-refractivity contribution in [3.8, 4) is 23.0 Å². The van der Waals surface area contributed by atoms with Crippen molar-refractivity contribution in [3.05, 3.63) is 59.5 Å². The van der Waals surface area contributed by atoms with Crippen LogP contribution in [0.4, 0.5) is 13.2 Å². The number of nitrogens with zero attached hydrogens (tertiary/aromatic N) is 2. The number of hydrogen-bond acceptors (Lipinski definition) is 5. The molecule has 1 heterocycles. The molecule has 5 nitrogen and oxygen atoms in total. The monoisotopic (exact) mass is 376 g/mol. The highest BCUT2D eigenvalue weighted by atomic mass is 19.4. The standard InChI is InChI=1S/C19H15F3N2O3/c1-25-15-9-3-12(11-16(15)26-2)4-10-17-23-24-18(27-17)13-5-7-14(8-6-13)19(20,21)22/h3-11H,1-2H3/b10-4+. The lowest BCUT2D eigenvalue weighted by atomic mass is 10.1. The van der Waals surface area contributed by atoms with Crippen LogP contribution in [0.25, 0.3) is 23.6 Å². The SMILES string of the molecule is COc1ccc(/C=C/c2nnc(-c3ccc(C(F)(F)F)cc3)o2)cc1OC. The third-order valence-corrected chi connectivity index (χ3v) is 3.73. The molecular formula is C19H15F3N2O3. The molecule has 8 heteroatoms. The van der Waals surface area contributed by atoms with Gasteiger partial charge in [-0.15, -0.1) is 10.2 Å². The normalized spacial score (nSPS) is 11.7. The molecule has 0 aliphatic carbocycles. The van der Waals surface area contributed by atoms with Gasteiger partial charge in [-0.2, -0.15) is 13.2 Å². The highest BCUT2D eigenvalue weighted by Gasteiger charge is 2.30. The van der Waals surface area contributed by atoms with Crippen LogP contribution in [0.5, 0.6) is 11.5 Å². The van der Waals surface area contributed by atoms with E-state index in [-0.39, 0.29) is 11.8 Å². The van der Waals surface area contributed by atoms with E-state index in [9.17, 15) is 13.2 Å². The summed E-state index contributed by atoms with van der Waals surface area (Å²) in [6.45, 7) is 0. The Bertz CT molecular complexity index is 948. The smallest absolute Gasteiger partial charge is 0.416 e. The first-order valence-corrected chi connectivity index (χ1v) is 7.82. The van der Waals surface area contributed by atoms with E-state index in [0.717, 1.165) is 17.7 Å². The first-order chi connectivity index (χ1) is 12.9. The van der Waals surface area contributed by atoms with Crippen LogP contribution >= 0.6 is 0 Å². The van der Waals surface area contributed by atoms with E-state index in [4.69, 9.17) is 13.9 Å². The number of ether oxygens (including phenoxy) is 2. The lowest BCUT2D eigenvalue weighted by Crippen LogP contribution is -2.03. The Labute approximate surface area is 153 Å². The van der Waals surface area contributed by atoms with E-state index in [1.807, 2.05) is 6.07 Å². The second kappa shape index (κ2) is 7.53. The van der Waals surface area contributed by atoms with Gasteiger partial charge in [-0.1, -0.05) is 6.07 Å². The zero-order valence-electron chi connectivity index (χ0n) is 14.4. The second-order valence-electron chi connectivity index (χ2n) is 5.47. The Kier molecular flexibility index (Phi) is 5.16. The molecule has 0 saturated carbocycles. The van der Waals surface area contributed by atoms with Gasteiger partial charge in [0.2, 0.25) is 11.8 Å². The average molecular weight is 376 g/mol. The van der Waals surface area contributed by atoms with Crippen molar-refractivity contribution in [3.63, 3.8) is 0 Å². The van der Waals surface area contributed by atoms with Crippen LogP contribution < -0.4 is 9.47 Å². The lowest BCUT2D eigenvalue weighted by molar-refractivity contribution is -0.137. The molecule has 0 N–H and O–H groups in total. The summed E-state index contributed by atoms with van der Waals surface area (Å²) in [6, 6.07) is 9.89. The summed E-state index contributed by atoms with van der Waals surface area (Å²) in [7, 11) is 3.09. The summed E-state index contributed by atoms with van der Waals surface area (Å²) in [6.07, 6.45) is -1.05. The molecule has 0 aliphatic heterocycles. The minimum absolute atomic E-state index is 0.135. The molecule has 0 amide bonds. The topological polar surface area (TPSA) is 57.4 Å². The molecule has 0 radical (unpaired) electrons. The molecule has 3 aromatic rings. The Morgan fingerprint density at radius 2 is 1.59 bits per heavy atom. The van der Waals surface area contributed by atoms with Gasteiger partial charge in [-0.3, -0.25) is 0 Å². The van der Waals surface area contributed by atoms with Gasteiger partial charge in [0.1, 0.15) is 0 Å². The summed E-state index contributed by atoms with van der Waals surface area (Å²) < 4.78 is 53.7. The summed E-state index contributed by atoms with van der Waals surface area (Å²) in [5.41, 5.74) is 0.488. The molecule has 0 aliphatic rings. The van der Waals surface area contributed by atoms with Crippen LogP contribution in [-0.4, -0.2) is 24.4 Å². The largest absolute Gasteiger partial charge is 0.493 e. The molecule has 0 saturated heterocycles. The summed E-state index contributed by atoms with van der Waals surface area (Å²) in [4.78, 5) is 0. The van der Waals surface area contributed by atoms with Crippen LogP contribution in [-0.2, 0) is 6.18 Å². The number of aromatic nitrogens is 2. The van der Waals surface area contributed by atoms with Crippen molar-refractivity contribution in [1.82, 2.24) is 10.2 Å². The molecule has 140 valence electrons. The van der Waals surface area contributed by atoms with Crippen molar-refractivity contribution in [2.75, 3.05) is 14.2 Å². The maximum Gasteiger partial charge on any atom is 0.416 e. The number of benzene rings is 2. The van der Waals surface area contributed by atoms with Gasteiger partial charge in [0.15, 0.2) is 11.5 Å². The number of hydrogen-bond donors (Lipinski definition) is 0. The second-order valence-corrected chi connectivity index (χ2v) is 5.47. The van der Waals surface area contributed by atoms with Crippen molar-refractivity contribution >= 4 is 12.2 Å². The highest BCUT2D eigenvalue weighted by molar-refractivity contribution is 5.68. The quantitative estimate of drug-likeness (QED) is 0.631. The van der Waals surface area contributed by atoms with E-state index >= 15 is 0 Å². The number of methoxy groups -OCH3 is 2. The Hall–Kier alpha value is -3.29. The first-order valence-electron chi connectivity index (χ1n) is 7.82. The van der Waals surface area contributed by atoms with Gasteiger partial charge in [0.05, 0.1) is 19.8 Å². The van der Waals surface area contributed by atoms with E-state index in [1.54, 1.807) is 38.5 Å². The van der Waals surface area contributed by atoms with Gasteiger partial charge in [-0.05, 0) is 48.0 Å². The fourth-order valence-corrected chi connectivity index (χ4v) is 2.34. The molecule has 27 heavy (non-hydrogen) atoms. The molecule has 0 unspecified atom stereocenters. The number of halogens is 3. The van der Waals surface area contributed by atoms with Crippen molar-refractivity contribution in [2.45, 2.75) is 6.18 Å². The van der Waals surface area contributed by atoms with Crippen LogP contribution in [0.3, 0.4) is 0 Å². The summed E-state index contributed by atoms with van der Waals surface area (Å²) in [5.74, 6) is 1.54. The molecule has 2 aromatic carbocycles. The minimum atomic E-state index is -4.39. The molecule has 1 aromatic heterocycles. The fraction of sp³-hybridized carbons (Fsp3) is 0.158. The Morgan fingerprint density at radius 3 is 2.22 bits per heavy atom. The third-order valence-electron chi connectivity index (χ3n) is 3.73. The Balaban J connectivity index is 1.77. The maximum atomic E-state index is 12.6. The molecule has 3 rings (SSSR count). The van der Waals surface area contributed by atoms with Crippen molar-refractivity contribution < 1.29 is 27.1 Å². The van der Waals surface area contributed by atoms with Crippen LogP contribution in [0.1, 0.15) is 17.0 Å². The van der Waals surface area contributed by atoms with E-state index < -0.39 is 11.7 Å². The van der Waals surface area contributed by atoms with Crippen LogP contribution in [0.15, 0.2) is 46.9 Å². The fourth-order valence-electron chi connectivity index (χ4n) is 2.34. The zero-order valence-corrected chi connectivity index (χ0v) is 14.4. The highest BCUT2D eigenvalue weighted by Crippen LogP contribution is 2.31. The van der Waals surface area contributed by atoms with Crippen LogP contribution in [0.2, 0.25) is 0 Å². The Morgan fingerprint density at radius 1 is 0.889 bits per heavy atom. The zero-order chi connectivity index (χ0) is 19.4. The predicted octanol–water partition coefficient (Wildman–Crippen LogP) is 4.94. The van der Waals surface area contributed by atoms with Gasteiger partial charge >= 0.3 is 6.18 Å². The predicted molar refractivity (Wildman–Crippen MR) is 93.2 cm³/mol. The molecule has 0 bridgehead atoms. The summed E-state index contributed by atoms with van der Waals surface area (Å²) in [5, 5.41) is 7.73. The maximum absolute atomic E-state index is 12.6. The van der Waals surface area contributed by atoms with Gasteiger partial charge in [0.25, 0.3) is 0 Å². The molecular weight excluding hydrogens is 361 g/mol. The minimum Gasteiger partial charge on any atom is -0.493 e. The molecule has 0 atom stereocenters. The summed E-state index contributed by atoms with van der Waals surface area (Å²) >= 11 is 0. The van der Waals surface area contributed by atoms with E-state index in [2.05, 4.69) is 10.2 Å². The van der Waals surface area contributed by atoms with Crippen molar-refractivity contribution in [2.24, 2.45) is 0 Å². The van der Waals surface area contributed by atoms with Crippen LogP contribution in [0, 0.1) is 0 Å². The van der Waals surface area contributed by atoms with Gasteiger partial charge in [0, 0.05) is 11.6 Å². The van der Waals surface area contributed by atoms with E-state index in [0.29, 0.717) is 17.1 Å². The van der Waals surface area contributed by atoms with Gasteiger partial charge < -0.3 is 13.9 Å². The molecule has 0 fully saturated rings. The average Bonchev–Trinajstić information content (AvgIpc) is 3.14. The molecule has 0 spiro atoms. The van der Waals surface area contributed by atoms with Crippen molar-refractivity contribution in [1.29, 1.82) is 0 Å². The number of alkyl halides is 3. The van der Waals surface area contributed by atoms with E-state index in [1.165, 1.54) is 12.1 Å².